The molecule has 4 heterocycles. The molecule has 0 bridgehead atoms. The maximum absolute atomic E-state index is 12.5. The van der Waals surface area contributed by atoms with Crippen LogP contribution in [0.3, 0.4) is 0 Å². The quantitative estimate of drug-likeness (QED) is 0.547. The van der Waals surface area contributed by atoms with Gasteiger partial charge in [0.2, 0.25) is 5.91 Å². The van der Waals surface area contributed by atoms with Gasteiger partial charge in [-0.05, 0) is 12.8 Å². The summed E-state index contributed by atoms with van der Waals surface area (Å²) in [7, 11) is 0. The highest BCUT2D eigenvalue weighted by molar-refractivity contribution is 7.09. The van der Waals surface area contributed by atoms with Gasteiger partial charge < -0.3 is 20.6 Å². The van der Waals surface area contributed by atoms with E-state index in [1.54, 1.807) is 24.3 Å². The number of nitrogens with zero attached hydrogens (tertiary/aromatic N) is 5. The van der Waals surface area contributed by atoms with Crippen molar-refractivity contribution in [1.29, 1.82) is 0 Å². The van der Waals surface area contributed by atoms with E-state index in [1.807, 2.05) is 10.4 Å². The van der Waals surface area contributed by atoms with Crippen molar-refractivity contribution in [2.75, 3.05) is 38.0 Å². The summed E-state index contributed by atoms with van der Waals surface area (Å²) in [6, 6.07) is 1.82. The van der Waals surface area contributed by atoms with Crippen molar-refractivity contribution in [2.45, 2.75) is 44.9 Å². The normalized spacial score (nSPS) is 18.1. The molecule has 2 aromatic rings. The number of thiazole rings is 1. The van der Waals surface area contributed by atoms with Gasteiger partial charge in [0.15, 0.2) is 0 Å². The lowest BCUT2D eigenvalue weighted by Crippen LogP contribution is -2.42. The van der Waals surface area contributed by atoms with Crippen molar-refractivity contribution in [2.24, 2.45) is 0 Å². The van der Waals surface area contributed by atoms with E-state index in [-0.39, 0.29) is 30.1 Å². The third-order valence-electron chi connectivity index (χ3n) is 5.92. The number of likely N-dealkylation sites (tertiary alicyclic amines) is 1. The van der Waals surface area contributed by atoms with Crippen LogP contribution in [0.5, 0.6) is 0 Å². The lowest BCUT2D eigenvalue weighted by molar-refractivity contribution is -0.129. The molecule has 1 fully saturated rings. The molecule has 0 aromatic carbocycles. The lowest BCUT2D eigenvalue weighted by atomic mass is 10.1. The molecule has 11 heteroatoms. The van der Waals surface area contributed by atoms with E-state index in [9.17, 15) is 14.7 Å². The smallest absolute Gasteiger partial charge is 0.270 e. The number of piperidine rings is 1. The SMILES string of the molecule is CC(=O)N1CCC(Nc2cc(C(=O)NCC(O)CN3CCc4ncsc4C3)ncn2)CC1. The summed E-state index contributed by atoms with van der Waals surface area (Å²) >= 11 is 1.65. The lowest BCUT2D eigenvalue weighted by Gasteiger charge is -2.31. The zero-order chi connectivity index (χ0) is 22.5. The van der Waals surface area contributed by atoms with Gasteiger partial charge in [0.25, 0.3) is 5.91 Å². The number of aromatic nitrogens is 3. The molecular weight excluding hydrogens is 430 g/mol. The summed E-state index contributed by atoms with van der Waals surface area (Å²) < 4.78 is 0. The maximum atomic E-state index is 12.5. The second-order valence-electron chi connectivity index (χ2n) is 8.28. The van der Waals surface area contributed by atoms with Crippen LogP contribution in [-0.2, 0) is 17.8 Å². The molecule has 0 aliphatic carbocycles. The van der Waals surface area contributed by atoms with Gasteiger partial charge in [-0.15, -0.1) is 11.3 Å². The zero-order valence-electron chi connectivity index (χ0n) is 18.2. The maximum Gasteiger partial charge on any atom is 0.270 e. The number of nitrogens with one attached hydrogen (secondary N) is 2. The van der Waals surface area contributed by atoms with E-state index >= 15 is 0 Å². The van der Waals surface area contributed by atoms with Crippen LogP contribution in [0.15, 0.2) is 17.9 Å². The van der Waals surface area contributed by atoms with Crippen molar-refractivity contribution in [1.82, 2.24) is 30.1 Å². The minimum absolute atomic E-state index is 0.0974. The molecule has 3 N–H and O–H groups in total. The van der Waals surface area contributed by atoms with Gasteiger partial charge in [-0.2, -0.15) is 0 Å². The number of aliphatic hydroxyl groups excluding tert-OH is 1. The summed E-state index contributed by atoms with van der Waals surface area (Å²) in [4.78, 5) is 41.9. The summed E-state index contributed by atoms with van der Waals surface area (Å²) in [6.07, 6.45) is 3.24. The molecule has 1 unspecified atom stereocenters. The molecule has 2 aliphatic heterocycles. The number of carbonyl (C=O) groups is 2. The predicted molar refractivity (Wildman–Crippen MR) is 120 cm³/mol. The standard InChI is InChI=1S/C21H29N7O3S/c1-14(29)28-6-2-15(3-7-28)26-20-8-18(23-12-24-20)21(31)22-9-16(30)10-27-5-4-17-19(11-27)32-13-25-17/h8,12-13,15-16,30H,2-7,9-11H2,1H3,(H,22,31)(H,23,24,26). The van der Waals surface area contributed by atoms with Gasteiger partial charge in [-0.25, -0.2) is 15.0 Å². The van der Waals surface area contributed by atoms with Crippen LogP contribution in [0.4, 0.5) is 5.82 Å². The van der Waals surface area contributed by atoms with Crippen molar-refractivity contribution in [3.63, 3.8) is 0 Å². The van der Waals surface area contributed by atoms with Gasteiger partial charge in [0.1, 0.15) is 17.8 Å². The number of hydrogen-bond acceptors (Lipinski definition) is 9. The second kappa shape index (κ2) is 10.3. The Kier molecular flexibility index (Phi) is 7.28. The van der Waals surface area contributed by atoms with Crippen LogP contribution >= 0.6 is 11.3 Å². The Morgan fingerprint density at radius 1 is 1.25 bits per heavy atom. The monoisotopic (exact) mass is 459 g/mol. The van der Waals surface area contributed by atoms with Crippen LogP contribution < -0.4 is 10.6 Å². The number of anilines is 1. The van der Waals surface area contributed by atoms with Crippen molar-refractivity contribution >= 4 is 29.0 Å². The summed E-state index contributed by atoms with van der Waals surface area (Å²) in [6.45, 7) is 5.30. The first kappa shape index (κ1) is 22.6. The van der Waals surface area contributed by atoms with Gasteiger partial charge >= 0.3 is 0 Å². The number of rotatable bonds is 7. The average molecular weight is 460 g/mol. The van der Waals surface area contributed by atoms with E-state index in [4.69, 9.17) is 0 Å². The Morgan fingerprint density at radius 2 is 2.06 bits per heavy atom. The molecule has 0 saturated carbocycles. The molecule has 0 radical (unpaired) electrons. The van der Waals surface area contributed by atoms with Crippen LogP contribution in [0.1, 0.15) is 40.8 Å². The van der Waals surface area contributed by atoms with Crippen molar-refractivity contribution in [3.8, 4) is 0 Å². The number of amides is 2. The number of fused-ring (bicyclic) bond motifs is 1. The molecular formula is C21H29N7O3S. The molecule has 10 nitrogen and oxygen atoms in total. The number of hydrogen-bond donors (Lipinski definition) is 3. The highest BCUT2D eigenvalue weighted by atomic mass is 32.1. The van der Waals surface area contributed by atoms with Gasteiger partial charge in [-0.1, -0.05) is 0 Å². The average Bonchev–Trinajstić information content (AvgIpc) is 3.26. The van der Waals surface area contributed by atoms with Crippen LogP contribution in [0.25, 0.3) is 0 Å². The molecule has 0 spiro atoms. The molecule has 2 aromatic heterocycles. The molecule has 4 rings (SSSR count). The van der Waals surface area contributed by atoms with E-state index in [0.29, 0.717) is 25.5 Å². The zero-order valence-corrected chi connectivity index (χ0v) is 19.0. The summed E-state index contributed by atoms with van der Waals surface area (Å²) in [5, 5.41) is 16.5. The number of aliphatic hydroxyl groups is 1. The highest BCUT2D eigenvalue weighted by Gasteiger charge is 2.22. The molecule has 1 atom stereocenters. The molecule has 32 heavy (non-hydrogen) atoms. The van der Waals surface area contributed by atoms with Crippen LogP contribution in [-0.4, -0.2) is 86.5 Å². The fraction of sp³-hybridized carbons (Fsp3) is 0.571. The molecule has 1 saturated heterocycles. The van der Waals surface area contributed by atoms with Gasteiger partial charge in [0.05, 0.1) is 17.3 Å². The number of β-amino-alcohol motifs (C(OH)–C–C–N with tert-alkyl or cyclic N) is 1. The number of carbonyl (C=O) groups excluding carboxylic acids is 2. The second-order valence-corrected chi connectivity index (χ2v) is 9.22. The molecule has 172 valence electrons. The first-order valence-electron chi connectivity index (χ1n) is 10.9. The van der Waals surface area contributed by atoms with Crippen LogP contribution in [0.2, 0.25) is 0 Å². The molecule has 2 aliphatic rings. The van der Waals surface area contributed by atoms with Gasteiger partial charge in [-0.3, -0.25) is 14.5 Å². The third-order valence-corrected chi connectivity index (χ3v) is 6.78. The van der Waals surface area contributed by atoms with Gasteiger partial charge in [0, 0.05) is 69.6 Å². The first-order valence-corrected chi connectivity index (χ1v) is 11.8. The molecule has 2 amide bonds. The summed E-state index contributed by atoms with van der Waals surface area (Å²) in [5.41, 5.74) is 3.28. The summed E-state index contributed by atoms with van der Waals surface area (Å²) in [5.74, 6) is 0.338. The largest absolute Gasteiger partial charge is 0.390 e. The van der Waals surface area contributed by atoms with Crippen molar-refractivity contribution in [3.05, 3.63) is 34.2 Å². The van der Waals surface area contributed by atoms with E-state index < -0.39 is 6.10 Å². The fourth-order valence-electron chi connectivity index (χ4n) is 4.10. The predicted octanol–water partition coefficient (Wildman–Crippen LogP) is 0.505. The van der Waals surface area contributed by atoms with E-state index in [2.05, 4.69) is 30.5 Å². The third kappa shape index (κ3) is 5.78. The van der Waals surface area contributed by atoms with Crippen LogP contribution in [0, 0.1) is 0 Å². The Balaban J connectivity index is 1.23. The van der Waals surface area contributed by atoms with E-state index in [0.717, 1.165) is 38.0 Å². The minimum atomic E-state index is -0.667. The fourth-order valence-corrected chi connectivity index (χ4v) is 4.96. The highest BCUT2D eigenvalue weighted by Crippen LogP contribution is 2.21. The van der Waals surface area contributed by atoms with E-state index in [1.165, 1.54) is 11.2 Å². The van der Waals surface area contributed by atoms with Crippen molar-refractivity contribution < 1.29 is 14.7 Å². The Morgan fingerprint density at radius 3 is 2.84 bits per heavy atom. The Bertz CT molecular complexity index is 945. The first-order chi connectivity index (χ1) is 15.5. The Labute approximate surface area is 191 Å². The topological polar surface area (TPSA) is 124 Å². The Hall–Kier alpha value is -2.63. The minimum Gasteiger partial charge on any atom is -0.390 e.